The molecule has 2 N–H and O–H groups in total. The summed E-state index contributed by atoms with van der Waals surface area (Å²) in [5.74, 6) is -0.146. The molecule has 0 aromatic rings. The van der Waals surface area contributed by atoms with Crippen LogP contribution >= 0.6 is 0 Å². The predicted octanol–water partition coefficient (Wildman–Crippen LogP) is 0.377. The van der Waals surface area contributed by atoms with E-state index in [1.807, 2.05) is 0 Å². The second-order valence-corrected chi connectivity index (χ2v) is 6.19. The third kappa shape index (κ3) is 5.57. The summed E-state index contributed by atoms with van der Waals surface area (Å²) in [6, 6.07) is 0. The van der Waals surface area contributed by atoms with Crippen LogP contribution in [-0.2, 0) is 14.3 Å². The Morgan fingerprint density at radius 1 is 1.05 bits per heavy atom. The average Bonchev–Trinajstić information content (AvgIpc) is 3.33. The van der Waals surface area contributed by atoms with Gasteiger partial charge in [0.15, 0.2) is 0 Å². The molecule has 2 aliphatic rings. The molecule has 0 radical (unpaired) electrons. The lowest BCUT2D eigenvalue weighted by atomic mass is 10.2. The number of morpholine rings is 1. The second kappa shape index (κ2) is 9.10. The molecule has 2 rings (SSSR count). The molecule has 1 saturated heterocycles. The maximum absolute atomic E-state index is 12.0. The van der Waals surface area contributed by atoms with Crippen molar-refractivity contribution in [3.05, 3.63) is 0 Å². The summed E-state index contributed by atoms with van der Waals surface area (Å²) < 4.78 is 5.29. The Bertz CT molecular complexity index is 370. The molecule has 1 heterocycles. The van der Waals surface area contributed by atoms with Crippen LogP contribution in [0.25, 0.3) is 0 Å². The number of amides is 2. The van der Waals surface area contributed by atoms with Crippen LogP contribution in [0.1, 0.15) is 32.6 Å². The number of ether oxygens (including phenoxy) is 1. The number of hydrogen-bond donors (Lipinski definition) is 2. The van der Waals surface area contributed by atoms with E-state index in [1.165, 1.54) is 0 Å². The summed E-state index contributed by atoms with van der Waals surface area (Å²) in [7, 11) is 0. The first kappa shape index (κ1) is 17.2. The SMILES string of the molecule is CCCCCNC(=O)C1CC1C(=O)NCCN1CCOCC1. The van der Waals surface area contributed by atoms with Gasteiger partial charge in [0.1, 0.15) is 0 Å². The number of nitrogens with one attached hydrogen (secondary N) is 2. The molecule has 1 saturated carbocycles. The van der Waals surface area contributed by atoms with Crippen LogP contribution in [0.5, 0.6) is 0 Å². The normalized spacial score (nSPS) is 24.8. The van der Waals surface area contributed by atoms with Crippen molar-refractivity contribution in [2.75, 3.05) is 45.9 Å². The summed E-state index contributed by atoms with van der Waals surface area (Å²) in [6.07, 6.45) is 4.00. The Morgan fingerprint density at radius 2 is 1.68 bits per heavy atom. The van der Waals surface area contributed by atoms with Crippen LogP contribution in [0.4, 0.5) is 0 Å². The fourth-order valence-corrected chi connectivity index (χ4v) is 2.79. The number of carbonyl (C=O) groups is 2. The van der Waals surface area contributed by atoms with Crippen LogP contribution in [0, 0.1) is 11.8 Å². The van der Waals surface area contributed by atoms with E-state index in [-0.39, 0.29) is 23.7 Å². The van der Waals surface area contributed by atoms with Gasteiger partial charge in [-0.05, 0) is 12.8 Å². The molecular formula is C16H29N3O3. The second-order valence-electron chi connectivity index (χ2n) is 6.19. The minimum absolute atomic E-state index is 0.0296. The van der Waals surface area contributed by atoms with Crippen LogP contribution in [-0.4, -0.2) is 62.7 Å². The van der Waals surface area contributed by atoms with Crippen LogP contribution in [0.2, 0.25) is 0 Å². The molecule has 2 unspecified atom stereocenters. The number of hydrogen-bond acceptors (Lipinski definition) is 4. The smallest absolute Gasteiger partial charge is 0.223 e. The van der Waals surface area contributed by atoms with Crippen molar-refractivity contribution in [2.45, 2.75) is 32.6 Å². The zero-order valence-corrected chi connectivity index (χ0v) is 13.6. The highest BCUT2D eigenvalue weighted by Gasteiger charge is 2.47. The summed E-state index contributed by atoms with van der Waals surface area (Å²) in [5.41, 5.74) is 0. The molecule has 2 amide bonds. The number of nitrogens with zero attached hydrogens (tertiary/aromatic N) is 1. The maximum Gasteiger partial charge on any atom is 0.223 e. The van der Waals surface area contributed by atoms with Crippen molar-refractivity contribution in [1.82, 2.24) is 15.5 Å². The molecule has 0 bridgehead atoms. The van der Waals surface area contributed by atoms with E-state index in [1.54, 1.807) is 0 Å². The van der Waals surface area contributed by atoms with E-state index in [2.05, 4.69) is 22.5 Å². The van der Waals surface area contributed by atoms with Crippen LogP contribution < -0.4 is 10.6 Å². The largest absolute Gasteiger partial charge is 0.379 e. The summed E-state index contributed by atoms with van der Waals surface area (Å²) >= 11 is 0. The first-order valence-electron chi connectivity index (χ1n) is 8.58. The third-order valence-corrected chi connectivity index (χ3v) is 4.37. The van der Waals surface area contributed by atoms with Gasteiger partial charge in [0.25, 0.3) is 0 Å². The summed E-state index contributed by atoms with van der Waals surface area (Å²) in [6.45, 7) is 7.79. The minimum Gasteiger partial charge on any atom is -0.379 e. The first-order valence-corrected chi connectivity index (χ1v) is 8.58. The molecule has 6 heteroatoms. The molecule has 1 aliphatic carbocycles. The van der Waals surface area contributed by atoms with Crippen molar-refractivity contribution in [2.24, 2.45) is 11.8 Å². The number of unbranched alkanes of at least 4 members (excludes halogenated alkanes) is 2. The predicted molar refractivity (Wildman–Crippen MR) is 84.4 cm³/mol. The van der Waals surface area contributed by atoms with Crippen molar-refractivity contribution in [3.8, 4) is 0 Å². The lowest BCUT2D eigenvalue weighted by Gasteiger charge is -2.26. The Balaban J connectivity index is 1.54. The Kier molecular flexibility index (Phi) is 7.12. The van der Waals surface area contributed by atoms with E-state index < -0.39 is 0 Å². The van der Waals surface area contributed by atoms with Crippen LogP contribution in [0.15, 0.2) is 0 Å². The van der Waals surface area contributed by atoms with Gasteiger partial charge in [-0.25, -0.2) is 0 Å². The lowest BCUT2D eigenvalue weighted by molar-refractivity contribution is -0.127. The third-order valence-electron chi connectivity index (χ3n) is 4.37. The highest BCUT2D eigenvalue weighted by Crippen LogP contribution is 2.38. The zero-order chi connectivity index (χ0) is 15.8. The fourth-order valence-electron chi connectivity index (χ4n) is 2.79. The standard InChI is InChI=1S/C16H29N3O3/c1-2-3-4-5-17-15(20)13-12-14(13)16(21)18-6-7-19-8-10-22-11-9-19/h13-14H,2-12H2,1H3,(H,17,20)(H,18,21). The molecule has 0 aromatic heterocycles. The van der Waals surface area contributed by atoms with Crippen LogP contribution in [0.3, 0.4) is 0 Å². The molecule has 0 spiro atoms. The molecular weight excluding hydrogens is 282 g/mol. The average molecular weight is 311 g/mol. The zero-order valence-electron chi connectivity index (χ0n) is 13.6. The minimum atomic E-state index is -0.115. The van der Waals surface area contributed by atoms with E-state index in [4.69, 9.17) is 4.74 Å². The molecule has 2 fully saturated rings. The topological polar surface area (TPSA) is 70.7 Å². The van der Waals surface area contributed by atoms with E-state index in [0.29, 0.717) is 13.0 Å². The first-order chi connectivity index (χ1) is 10.7. The van der Waals surface area contributed by atoms with Gasteiger partial charge in [0.05, 0.1) is 25.0 Å². The van der Waals surface area contributed by atoms with Gasteiger partial charge in [-0.3, -0.25) is 14.5 Å². The van der Waals surface area contributed by atoms with E-state index in [0.717, 1.165) is 58.7 Å². The number of rotatable bonds is 9. The Morgan fingerprint density at radius 3 is 2.32 bits per heavy atom. The van der Waals surface area contributed by atoms with Gasteiger partial charge < -0.3 is 15.4 Å². The van der Waals surface area contributed by atoms with Gasteiger partial charge in [-0.2, -0.15) is 0 Å². The molecule has 2 atom stereocenters. The molecule has 6 nitrogen and oxygen atoms in total. The quantitative estimate of drug-likeness (QED) is 0.604. The van der Waals surface area contributed by atoms with Crippen molar-refractivity contribution >= 4 is 11.8 Å². The summed E-state index contributed by atoms with van der Waals surface area (Å²) in [5, 5.41) is 5.88. The van der Waals surface area contributed by atoms with Gasteiger partial charge in [0.2, 0.25) is 11.8 Å². The highest BCUT2D eigenvalue weighted by molar-refractivity contribution is 5.92. The molecule has 126 valence electrons. The highest BCUT2D eigenvalue weighted by atomic mass is 16.5. The lowest BCUT2D eigenvalue weighted by Crippen LogP contribution is -2.41. The number of carbonyl (C=O) groups excluding carboxylic acids is 2. The monoisotopic (exact) mass is 311 g/mol. The van der Waals surface area contributed by atoms with Crippen molar-refractivity contribution in [1.29, 1.82) is 0 Å². The maximum atomic E-state index is 12.0. The summed E-state index contributed by atoms with van der Waals surface area (Å²) in [4.78, 5) is 26.2. The van der Waals surface area contributed by atoms with E-state index >= 15 is 0 Å². The van der Waals surface area contributed by atoms with Gasteiger partial charge in [0, 0.05) is 32.7 Å². The molecule has 0 aromatic carbocycles. The molecule has 1 aliphatic heterocycles. The van der Waals surface area contributed by atoms with Gasteiger partial charge in [-0.1, -0.05) is 19.8 Å². The van der Waals surface area contributed by atoms with Gasteiger partial charge in [-0.15, -0.1) is 0 Å². The molecule has 22 heavy (non-hydrogen) atoms. The van der Waals surface area contributed by atoms with Crippen molar-refractivity contribution in [3.63, 3.8) is 0 Å². The Hall–Kier alpha value is -1.14. The van der Waals surface area contributed by atoms with Crippen molar-refractivity contribution < 1.29 is 14.3 Å². The van der Waals surface area contributed by atoms with Gasteiger partial charge >= 0.3 is 0 Å². The van der Waals surface area contributed by atoms with E-state index in [9.17, 15) is 9.59 Å². The fraction of sp³-hybridized carbons (Fsp3) is 0.875. The Labute approximate surface area is 132 Å².